The molecule has 1 fully saturated rings. The van der Waals surface area contributed by atoms with Crippen LogP contribution in [0.5, 0.6) is 0 Å². The van der Waals surface area contributed by atoms with Gasteiger partial charge >= 0.3 is 6.18 Å². The summed E-state index contributed by atoms with van der Waals surface area (Å²) < 4.78 is 46.1. The summed E-state index contributed by atoms with van der Waals surface area (Å²) in [7, 11) is 0. The van der Waals surface area contributed by atoms with Crippen LogP contribution in [0.25, 0.3) is 11.0 Å². The lowest BCUT2D eigenvalue weighted by atomic mass is 10.1. The lowest BCUT2D eigenvalue weighted by molar-refractivity contribution is -0.141. The van der Waals surface area contributed by atoms with Gasteiger partial charge in [-0.2, -0.15) is 18.4 Å². The Hall–Kier alpha value is -1.98. The molecule has 1 aliphatic rings. The smallest absolute Gasteiger partial charge is 0.372 e. The summed E-state index contributed by atoms with van der Waals surface area (Å²) in [5.74, 6) is 0. The molecule has 3 heterocycles. The van der Waals surface area contributed by atoms with E-state index >= 15 is 0 Å². The number of H-pyrrole nitrogens is 1. The molecule has 9 heteroatoms. The van der Waals surface area contributed by atoms with Crippen molar-refractivity contribution >= 4 is 28.3 Å². The Morgan fingerprint density at radius 3 is 2.44 bits per heavy atom. The molecule has 1 aliphatic heterocycles. The van der Waals surface area contributed by atoms with Crippen LogP contribution in [0.15, 0.2) is 0 Å². The fourth-order valence-electron chi connectivity index (χ4n) is 3.26. The first-order chi connectivity index (χ1) is 11.6. The van der Waals surface area contributed by atoms with E-state index in [0.717, 1.165) is 0 Å². The number of hydrogen-bond donors (Lipinski definition) is 1. The Labute approximate surface area is 147 Å². The number of fused-ring (bicyclic) bond motifs is 1. The number of halogens is 4. The van der Waals surface area contributed by atoms with Gasteiger partial charge in [0.05, 0.1) is 28.4 Å². The van der Waals surface area contributed by atoms with Gasteiger partial charge in [-0.1, -0.05) is 11.6 Å². The lowest BCUT2D eigenvalue weighted by Gasteiger charge is -2.37. The number of aromatic nitrogens is 2. The minimum atomic E-state index is -4.76. The minimum Gasteiger partial charge on any atom is -0.372 e. The molecule has 134 valence electrons. The molecule has 0 aromatic carbocycles. The highest BCUT2D eigenvalue weighted by Gasteiger charge is 2.40. The summed E-state index contributed by atoms with van der Waals surface area (Å²) in [6, 6.07) is 1.69. The molecule has 1 saturated heterocycles. The maximum atomic E-state index is 13.5. The van der Waals surface area contributed by atoms with Crippen LogP contribution in [0.4, 0.5) is 18.9 Å². The quantitative estimate of drug-likeness (QED) is 0.820. The van der Waals surface area contributed by atoms with Crippen molar-refractivity contribution < 1.29 is 17.9 Å². The van der Waals surface area contributed by atoms with E-state index in [2.05, 4.69) is 9.97 Å². The van der Waals surface area contributed by atoms with Gasteiger partial charge in [-0.15, -0.1) is 0 Å². The summed E-state index contributed by atoms with van der Waals surface area (Å²) >= 11 is 6.14. The molecule has 0 bridgehead atoms. The van der Waals surface area contributed by atoms with Gasteiger partial charge in [-0.05, 0) is 20.8 Å². The Morgan fingerprint density at radius 2 is 1.92 bits per heavy atom. The largest absolute Gasteiger partial charge is 0.434 e. The molecule has 0 amide bonds. The number of rotatable bonds is 1. The number of nitrogens with zero attached hydrogens (tertiary/aromatic N) is 3. The zero-order chi connectivity index (χ0) is 18.5. The molecule has 0 unspecified atom stereocenters. The number of aromatic amines is 1. The fraction of sp³-hybridized carbons (Fsp3) is 0.500. The first-order valence-electron chi connectivity index (χ1n) is 7.73. The van der Waals surface area contributed by atoms with Crippen molar-refractivity contribution in [2.45, 2.75) is 39.2 Å². The number of hydrogen-bond acceptors (Lipinski definition) is 4. The van der Waals surface area contributed by atoms with Gasteiger partial charge in [0.15, 0.2) is 5.69 Å². The van der Waals surface area contributed by atoms with E-state index in [1.807, 2.05) is 13.8 Å². The van der Waals surface area contributed by atoms with Gasteiger partial charge in [0.25, 0.3) is 0 Å². The third kappa shape index (κ3) is 3.02. The van der Waals surface area contributed by atoms with Gasteiger partial charge in [0.2, 0.25) is 0 Å². The van der Waals surface area contributed by atoms with Gasteiger partial charge < -0.3 is 14.6 Å². The first kappa shape index (κ1) is 17.8. The summed E-state index contributed by atoms with van der Waals surface area (Å²) in [5.41, 5.74) is -0.676. The number of anilines is 1. The van der Waals surface area contributed by atoms with E-state index in [1.165, 1.54) is 0 Å². The zero-order valence-corrected chi connectivity index (χ0v) is 14.6. The second-order valence-corrected chi connectivity index (χ2v) is 6.62. The van der Waals surface area contributed by atoms with Crippen molar-refractivity contribution in [3.63, 3.8) is 0 Å². The molecule has 2 atom stereocenters. The van der Waals surface area contributed by atoms with Gasteiger partial charge in [0, 0.05) is 18.8 Å². The van der Waals surface area contributed by atoms with Crippen LogP contribution in [0.2, 0.25) is 5.02 Å². The number of nitrogens with one attached hydrogen (secondary N) is 1. The van der Waals surface area contributed by atoms with Crippen molar-refractivity contribution in [3.8, 4) is 6.07 Å². The van der Waals surface area contributed by atoms with Crippen molar-refractivity contribution in [1.82, 2.24) is 9.97 Å². The van der Waals surface area contributed by atoms with E-state index in [9.17, 15) is 18.4 Å². The molecule has 0 spiro atoms. The second-order valence-electron chi connectivity index (χ2n) is 6.24. The molecule has 0 aliphatic carbocycles. The molecule has 25 heavy (non-hydrogen) atoms. The summed E-state index contributed by atoms with van der Waals surface area (Å²) in [6.07, 6.45) is -5.12. The summed E-state index contributed by atoms with van der Waals surface area (Å²) in [4.78, 5) is 8.38. The third-order valence-corrected chi connectivity index (χ3v) is 4.60. The standard InChI is InChI=1S/C16H16ClF3N4O/c1-7-5-24(6-8(2)25-7)14-10(4-21)15(16(18,19)20)23-12-11(17)9(3)22-13(12)14/h7-8,22H,5-6H2,1-3H3/t7-,8+. The van der Waals surface area contributed by atoms with E-state index in [4.69, 9.17) is 16.3 Å². The van der Waals surface area contributed by atoms with Crippen molar-refractivity contribution in [2.24, 2.45) is 0 Å². The highest BCUT2D eigenvalue weighted by Crippen LogP contribution is 2.41. The highest BCUT2D eigenvalue weighted by molar-refractivity contribution is 6.36. The molecule has 1 N–H and O–H groups in total. The van der Waals surface area contributed by atoms with Crippen LogP contribution < -0.4 is 4.90 Å². The predicted molar refractivity (Wildman–Crippen MR) is 87.8 cm³/mol. The number of morpholine rings is 1. The van der Waals surface area contributed by atoms with Crippen LogP contribution in [-0.4, -0.2) is 35.3 Å². The van der Waals surface area contributed by atoms with Crippen LogP contribution in [0, 0.1) is 18.3 Å². The Kier molecular flexibility index (Phi) is 4.33. The van der Waals surface area contributed by atoms with Crippen LogP contribution in [-0.2, 0) is 10.9 Å². The van der Waals surface area contributed by atoms with E-state index in [1.54, 1.807) is 17.9 Å². The Bertz CT molecular complexity index is 861. The number of nitriles is 1. The SMILES string of the molecule is Cc1[nH]c2c(N3C[C@@H](C)O[C@@H](C)C3)c(C#N)c(C(F)(F)F)nc2c1Cl. The average Bonchev–Trinajstić information content (AvgIpc) is 2.78. The molecule has 2 aromatic heterocycles. The van der Waals surface area contributed by atoms with Crippen molar-refractivity contribution in [2.75, 3.05) is 18.0 Å². The summed E-state index contributed by atoms with van der Waals surface area (Å²) in [5, 5.41) is 9.59. The normalized spacial score (nSPS) is 21.6. The second kappa shape index (κ2) is 6.07. The van der Waals surface area contributed by atoms with Crippen molar-refractivity contribution in [1.29, 1.82) is 5.26 Å². The molecule has 2 aromatic rings. The minimum absolute atomic E-state index is 0.0206. The van der Waals surface area contributed by atoms with Crippen LogP contribution >= 0.6 is 11.6 Å². The molecule has 5 nitrogen and oxygen atoms in total. The Balaban J connectivity index is 2.35. The fourth-order valence-corrected chi connectivity index (χ4v) is 3.44. The first-order valence-corrected chi connectivity index (χ1v) is 8.10. The van der Waals surface area contributed by atoms with Crippen LogP contribution in [0.3, 0.4) is 0 Å². The maximum Gasteiger partial charge on any atom is 0.434 e. The molecular formula is C16H16ClF3N4O. The third-order valence-electron chi connectivity index (χ3n) is 4.14. The molecule has 0 saturated carbocycles. The maximum absolute atomic E-state index is 13.5. The van der Waals surface area contributed by atoms with E-state index < -0.39 is 17.4 Å². The van der Waals surface area contributed by atoms with Gasteiger partial charge in [-0.3, -0.25) is 0 Å². The lowest BCUT2D eigenvalue weighted by Crippen LogP contribution is -2.46. The highest BCUT2D eigenvalue weighted by atomic mass is 35.5. The van der Waals surface area contributed by atoms with Crippen molar-refractivity contribution in [3.05, 3.63) is 22.0 Å². The molecule has 3 rings (SSSR count). The molecular weight excluding hydrogens is 357 g/mol. The van der Waals surface area contributed by atoms with E-state index in [-0.39, 0.29) is 28.4 Å². The van der Waals surface area contributed by atoms with Gasteiger partial charge in [0.1, 0.15) is 17.1 Å². The summed E-state index contributed by atoms with van der Waals surface area (Å²) in [6.45, 7) is 6.06. The molecule has 0 radical (unpaired) electrons. The number of ether oxygens (including phenoxy) is 1. The van der Waals surface area contributed by atoms with Crippen LogP contribution in [0.1, 0.15) is 30.8 Å². The topological polar surface area (TPSA) is 64.9 Å². The average molecular weight is 373 g/mol. The number of pyridine rings is 1. The monoisotopic (exact) mass is 372 g/mol. The number of alkyl halides is 3. The zero-order valence-electron chi connectivity index (χ0n) is 13.8. The Morgan fingerprint density at radius 1 is 1.32 bits per heavy atom. The van der Waals surface area contributed by atoms with E-state index in [0.29, 0.717) is 24.3 Å². The van der Waals surface area contributed by atoms with Gasteiger partial charge in [-0.25, -0.2) is 4.98 Å². The number of aryl methyl sites for hydroxylation is 1. The predicted octanol–water partition coefficient (Wildman–Crippen LogP) is 4.03.